The van der Waals surface area contributed by atoms with E-state index >= 15 is 0 Å². The van der Waals surface area contributed by atoms with Gasteiger partial charge in [0.2, 0.25) is 11.4 Å². The summed E-state index contributed by atoms with van der Waals surface area (Å²) in [7, 11) is -4.16. The number of hydrogen-bond acceptors (Lipinski definition) is 1. The number of halogens is 3. The molecule has 4 rings (SSSR count). The highest BCUT2D eigenvalue weighted by Gasteiger charge is 2.20. The molecule has 2 aromatic heterocycles. The number of pyridine rings is 2. The van der Waals surface area contributed by atoms with Crippen molar-refractivity contribution >= 4 is 7.60 Å². The monoisotopic (exact) mass is 492 g/mol. The van der Waals surface area contributed by atoms with Crippen LogP contribution >= 0.6 is 7.60 Å². The average Bonchev–Trinajstić information content (AvgIpc) is 2.74. The first kappa shape index (κ1) is 25.7. The maximum atomic E-state index is 13.1. The summed E-state index contributed by atoms with van der Waals surface area (Å²) in [5.74, 6) is -0.268. The van der Waals surface area contributed by atoms with Crippen LogP contribution in [0.4, 0.5) is 4.39 Å². The predicted molar refractivity (Wildman–Crippen MR) is 111 cm³/mol. The molecule has 32 heavy (non-hydrogen) atoms. The first-order valence-electron chi connectivity index (χ1n) is 9.31. The van der Waals surface area contributed by atoms with Crippen molar-refractivity contribution in [3.63, 3.8) is 0 Å². The van der Waals surface area contributed by atoms with Gasteiger partial charge in [0.05, 0.1) is 6.16 Å². The second kappa shape index (κ2) is 10.8. The summed E-state index contributed by atoms with van der Waals surface area (Å²) in [6.07, 6.45) is 7.27. The van der Waals surface area contributed by atoms with Gasteiger partial charge >= 0.3 is 7.60 Å². The van der Waals surface area contributed by atoms with Crippen LogP contribution in [0.1, 0.15) is 5.56 Å². The molecule has 2 heterocycles. The van der Waals surface area contributed by atoms with E-state index in [0.717, 1.165) is 22.5 Å². The summed E-state index contributed by atoms with van der Waals surface area (Å²) in [6, 6.07) is 21.3. The normalized spacial score (nSPS) is 10.7. The third-order valence-corrected chi connectivity index (χ3v) is 5.52. The van der Waals surface area contributed by atoms with Crippen molar-refractivity contribution in [1.82, 2.24) is 0 Å². The highest BCUT2D eigenvalue weighted by atomic mass is 35.5. The number of rotatable bonds is 5. The van der Waals surface area contributed by atoms with Crippen molar-refractivity contribution in [3.05, 3.63) is 109 Å². The van der Waals surface area contributed by atoms with Gasteiger partial charge in [-0.3, -0.25) is 4.57 Å². The minimum Gasteiger partial charge on any atom is -1.00 e. The zero-order valence-electron chi connectivity index (χ0n) is 16.7. The van der Waals surface area contributed by atoms with Crippen LogP contribution < -0.4 is 33.9 Å². The molecule has 0 aliphatic heterocycles. The summed E-state index contributed by atoms with van der Waals surface area (Å²) < 4.78 is 28.3. The molecule has 0 aliphatic rings. The standard InChI is InChI=1S/C23H18FN2O3P.2ClH/c24-21-5-7-22(8-6-21)25-13-9-18(10-14-25)19-11-15-26(16-12-19)23-4-2-1-3-20(23)17-30(27,28)29;;/h1-16H,17H2;2*1H. The highest BCUT2D eigenvalue weighted by molar-refractivity contribution is 7.50. The Kier molecular flexibility index (Phi) is 8.67. The fourth-order valence-corrected chi connectivity index (χ4v) is 4.01. The number of aromatic nitrogens is 2. The highest BCUT2D eigenvalue weighted by Crippen LogP contribution is 2.39. The molecular weight excluding hydrogens is 473 g/mol. The average molecular weight is 493 g/mol. The summed E-state index contributed by atoms with van der Waals surface area (Å²) in [4.78, 5) is 18.7. The molecule has 5 nitrogen and oxygen atoms in total. The SMILES string of the molecule is O=P(O)(O)Cc1ccccc1-[n+]1ccc(-c2cc[n+](-c3ccc(F)cc3)cc2)cc1.[Cl-].[Cl-]. The van der Waals surface area contributed by atoms with Crippen LogP contribution in [0.15, 0.2) is 97.6 Å². The van der Waals surface area contributed by atoms with E-state index < -0.39 is 7.60 Å². The largest absolute Gasteiger partial charge is 1.00 e. The van der Waals surface area contributed by atoms with Crippen LogP contribution in [0.5, 0.6) is 0 Å². The number of benzene rings is 2. The molecule has 0 saturated heterocycles. The molecule has 2 N–H and O–H groups in total. The van der Waals surface area contributed by atoms with Crippen molar-refractivity contribution in [1.29, 1.82) is 0 Å². The lowest BCUT2D eigenvalue weighted by molar-refractivity contribution is -0.596. The maximum Gasteiger partial charge on any atom is 0.330 e. The van der Waals surface area contributed by atoms with E-state index in [9.17, 15) is 18.7 Å². The zero-order chi connectivity index (χ0) is 21.1. The molecule has 166 valence electrons. The van der Waals surface area contributed by atoms with E-state index in [0.29, 0.717) is 5.56 Å². The van der Waals surface area contributed by atoms with Gasteiger partial charge in [0.25, 0.3) is 0 Å². The van der Waals surface area contributed by atoms with E-state index in [2.05, 4.69) is 0 Å². The Morgan fingerprint density at radius 2 is 1.22 bits per heavy atom. The maximum absolute atomic E-state index is 13.1. The van der Waals surface area contributed by atoms with Gasteiger partial charge in [-0.25, -0.2) is 4.39 Å². The lowest BCUT2D eigenvalue weighted by atomic mass is 10.1. The van der Waals surface area contributed by atoms with E-state index in [4.69, 9.17) is 0 Å². The third-order valence-electron chi connectivity index (χ3n) is 4.76. The van der Waals surface area contributed by atoms with E-state index in [1.54, 1.807) is 24.3 Å². The Hall–Kier alpha value is -2.60. The Morgan fingerprint density at radius 1 is 0.719 bits per heavy atom. The molecule has 0 radical (unpaired) electrons. The molecular formula is C23H20Cl2FN2O3P. The Bertz CT molecular complexity index is 1220. The van der Waals surface area contributed by atoms with Crippen LogP contribution in [0.25, 0.3) is 22.5 Å². The molecule has 0 saturated carbocycles. The van der Waals surface area contributed by atoms with Gasteiger partial charge in [0.15, 0.2) is 24.8 Å². The minimum atomic E-state index is -4.16. The Morgan fingerprint density at radius 3 is 1.75 bits per heavy atom. The molecule has 0 bridgehead atoms. The lowest BCUT2D eigenvalue weighted by Crippen LogP contribution is -3.00. The molecule has 0 atom stereocenters. The van der Waals surface area contributed by atoms with E-state index in [1.807, 2.05) is 70.3 Å². The second-order valence-electron chi connectivity index (χ2n) is 6.92. The lowest BCUT2D eigenvalue weighted by Gasteiger charge is -2.07. The predicted octanol–water partition coefficient (Wildman–Crippen LogP) is -2.27. The van der Waals surface area contributed by atoms with Gasteiger partial charge in [0.1, 0.15) is 5.82 Å². The molecule has 2 aromatic carbocycles. The van der Waals surface area contributed by atoms with E-state index in [-0.39, 0.29) is 36.8 Å². The van der Waals surface area contributed by atoms with Crippen molar-refractivity contribution in [3.8, 4) is 22.5 Å². The summed E-state index contributed by atoms with van der Waals surface area (Å²) in [5.41, 5.74) is 4.21. The number of nitrogens with zero attached hydrogens (tertiary/aromatic N) is 2. The molecule has 9 heteroatoms. The first-order chi connectivity index (χ1) is 14.4. The van der Waals surface area contributed by atoms with Crippen LogP contribution in [-0.2, 0) is 10.7 Å². The quantitative estimate of drug-likeness (QED) is 0.244. The van der Waals surface area contributed by atoms with Gasteiger partial charge in [-0.2, -0.15) is 9.13 Å². The van der Waals surface area contributed by atoms with Crippen LogP contribution in [0.2, 0.25) is 0 Å². The van der Waals surface area contributed by atoms with Crippen LogP contribution in [0, 0.1) is 5.82 Å². The van der Waals surface area contributed by atoms with Gasteiger partial charge in [-0.05, 0) is 23.3 Å². The topological polar surface area (TPSA) is 65.3 Å². The fourth-order valence-electron chi connectivity index (χ4n) is 3.30. The van der Waals surface area contributed by atoms with Gasteiger partial charge in [-0.1, -0.05) is 18.2 Å². The Labute approximate surface area is 197 Å². The molecule has 4 aromatic rings. The van der Waals surface area contributed by atoms with Crippen molar-refractivity contribution in [2.75, 3.05) is 0 Å². The van der Waals surface area contributed by atoms with Crippen molar-refractivity contribution < 1.29 is 52.7 Å². The summed E-state index contributed by atoms with van der Waals surface area (Å²) >= 11 is 0. The van der Waals surface area contributed by atoms with Crippen LogP contribution in [-0.4, -0.2) is 9.79 Å². The molecule has 0 unspecified atom stereocenters. The molecule has 0 fully saturated rings. The minimum absolute atomic E-state index is 0. The summed E-state index contributed by atoms with van der Waals surface area (Å²) in [6.45, 7) is 0. The molecule has 0 spiro atoms. The molecule has 0 aliphatic carbocycles. The van der Waals surface area contributed by atoms with Crippen LogP contribution in [0.3, 0.4) is 0 Å². The van der Waals surface area contributed by atoms with Gasteiger partial charge in [0, 0.05) is 48.0 Å². The van der Waals surface area contributed by atoms with E-state index in [1.165, 1.54) is 12.1 Å². The van der Waals surface area contributed by atoms with Gasteiger partial charge < -0.3 is 34.6 Å². The Balaban J connectivity index is 0.00000181. The van der Waals surface area contributed by atoms with Crippen molar-refractivity contribution in [2.24, 2.45) is 0 Å². The summed E-state index contributed by atoms with van der Waals surface area (Å²) in [5, 5.41) is 0. The fraction of sp³-hybridized carbons (Fsp3) is 0.0435. The second-order valence-corrected chi connectivity index (χ2v) is 8.56. The first-order valence-corrected chi connectivity index (χ1v) is 11.1. The number of hydrogen-bond donors (Lipinski definition) is 2. The smallest absolute Gasteiger partial charge is 0.330 e. The zero-order valence-corrected chi connectivity index (χ0v) is 19.1. The van der Waals surface area contributed by atoms with Crippen molar-refractivity contribution in [2.45, 2.75) is 6.16 Å². The molecule has 0 amide bonds. The third kappa shape index (κ3) is 6.22. The number of para-hydroxylation sites is 1. The van der Waals surface area contributed by atoms with Gasteiger partial charge in [-0.15, -0.1) is 0 Å².